The molecule has 0 aromatic carbocycles. The van der Waals surface area contributed by atoms with Gasteiger partial charge in [0.2, 0.25) is 5.91 Å². The molecule has 0 radical (unpaired) electrons. The summed E-state index contributed by atoms with van der Waals surface area (Å²) in [6, 6.07) is 0. The minimum absolute atomic E-state index is 0.0310. The van der Waals surface area contributed by atoms with Gasteiger partial charge in [-0.15, -0.1) is 0 Å². The number of hydrogen-bond donors (Lipinski definition) is 3. The molecule has 0 aliphatic carbocycles. The van der Waals surface area contributed by atoms with Crippen molar-refractivity contribution < 1.29 is 14.3 Å². The van der Waals surface area contributed by atoms with Gasteiger partial charge in [0, 0.05) is 27.2 Å². The van der Waals surface area contributed by atoms with Gasteiger partial charge in [-0.1, -0.05) is 26.0 Å². The highest BCUT2D eigenvalue weighted by Crippen LogP contribution is 2.16. The smallest absolute Gasteiger partial charge is 0.408 e. The Hall–Kier alpha value is -2.25. The number of likely N-dealkylation sites (N-methyl/N-ethyl adjacent to an activating group) is 1. The fourth-order valence-corrected chi connectivity index (χ4v) is 2.19. The third-order valence-electron chi connectivity index (χ3n) is 4.14. The van der Waals surface area contributed by atoms with Crippen molar-refractivity contribution in [2.24, 2.45) is 4.99 Å². The molecular formula is C20H39N5O3. The first-order valence-corrected chi connectivity index (χ1v) is 9.72. The molecule has 3 N–H and O–H groups in total. The molecule has 0 aliphatic rings. The third-order valence-corrected chi connectivity index (χ3v) is 4.14. The van der Waals surface area contributed by atoms with Crippen LogP contribution in [0, 0.1) is 0 Å². The Morgan fingerprint density at radius 3 is 2.11 bits per heavy atom. The standard InChI is InChI=1S/C20H39N5O3/c1-10-20(11-2,24-18(27)28-19(5,6)7)14-23-17(21-12-15(3)4)22-13-16(26)25(8)9/h3,10-14H2,1-2,4-9H3,(H,24,27)(H2,21,22,23). The van der Waals surface area contributed by atoms with Gasteiger partial charge in [0.1, 0.15) is 12.1 Å². The molecule has 0 heterocycles. The molecule has 8 heteroatoms. The maximum atomic E-state index is 12.3. The average Bonchev–Trinajstić information content (AvgIpc) is 2.57. The fraction of sp³-hybridized carbons (Fsp3) is 0.750. The van der Waals surface area contributed by atoms with E-state index in [1.807, 2.05) is 41.5 Å². The summed E-state index contributed by atoms with van der Waals surface area (Å²) in [5.41, 5.74) is -0.121. The minimum Gasteiger partial charge on any atom is -0.444 e. The van der Waals surface area contributed by atoms with Crippen molar-refractivity contribution in [3.63, 3.8) is 0 Å². The topological polar surface area (TPSA) is 95.1 Å². The lowest BCUT2D eigenvalue weighted by molar-refractivity contribution is -0.127. The molecule has 0 aromatic heterocycles. The largest absolute Gasteiger partial charge is 0.444 e. The van der Waals surface area contributed by atoms with Gasteiger partial charge in [-0.25, -0.2) is 9.79 Å². The monoisotopic (exact) mass is 397 g/mol. The number of carbonyl (C=O) groups is 2. The number of guanidine groups is 1. The normalized spacial score (nSPS) is 12.2. The molecule has 0 aliphatic heterocycles. The van der Waals surface area contributed by atoms with E-state index in [2.05, 4.69) is 27.5 Å². The van der Waals surface area contributed by atoms with Crippen LogP contribution in [0.15, 0.2) is 17.1 Å². The summed E-state index contributed by atoms with van der Waals surface area (Å²) in [7, 11) is 3.38. The summed E-state index contributed by atoms with van der Waals surface area (Å²) in [6.07, 6.45) is 0.967. The molecule has 0 spiro atoms. The summed E-state index contributed by atoms with van der Waals surface area (Å²) in [5.74, 6) is 0.399. The van der Waals surface area contributed by atoms with Gasteiger partial charge in [0.05, 0.1) is 5.54 Å². The van der Waals surface area contributed by atoms with Crippen LogP contribution in [-0.4, -0.2) is 67.7 Å². The Balaban J connectivity index is 5.18. The summed E-state index contributed by atoms with van der Waals surface area (Å²) in [4.78, 5) is 30.0. The third kappa shape index (κ3) is 10.8. The Morgan fingerprint density at radius 1 is 1.11 bits per heavy atom. The van der Waals surface area contributed by atoms with Gasteiger partial charge in [0.25, 0.3) is 0 Å². The highest BCUT2D eigenvalue weighted by molar-refractivity contribution is 5.85. The van der Waals surface area contributed by atoms with Gasteiger partial charge in [-0.05, 0) is 40.5 Å². The van der Waals surface area contributed by atoms with Crippen LogP contribution in [0.25, 0.3) is 0 Å². The first-order valence-electron chi connectivity index (χ1n) is 9.72. The van der Waals surface area contributed by atoms with Crippen molar-refractivity contribution in [3.8, 4) is 0 Å². The van der Waals surface area contributed by atoms with E-state index in [0.29, 0.717) is 31.9 Å². The SMILES string of the molecule is C=C(C)CNC(=NCC(=O)N(C)C)NCC(CC)(CC)NC(=O)OC(C)(C)C. The number of rotatable bonds is 9. The predicted octanol–water partition coefficient (Wildman–Crippen LogP) is 2.27. The number of nitrogens with zero attached hydrogens (tertiary/aromatic N) is 2. The van der Waals surface area contributed by atoms with Gasteiger partial charge in [-0.2, -0.15) is 0 Å². The van der Waals surface area contributed by atoms with E-state index in [-0.39, 0.29) is 12.5 Å². The summed E-state index contributed by atoms with van der Waals surface area (Å²) in [5, 5.41) is 9.38. The summed E-state index contributed by atoms with van der Waals surface area (Å²) < 4.78 is 5.40. The Morgan fingerprint density at radius 2 is 1.68 bits per heavy atom. The van der Waals surface area contributed by atoms with E-state index in [1.54, 1.807) is 14.1 Å². The molecule has 0 bridgehead atoms. The molecule has 0 atom stereocenters. The van der Waals surface area contributed by atoms with Crippen molar-refractivity contribution in [1.82, 2.24) is 20.9 Å². The fourth-order valence-electron chi connectivity index (χ4n) is 2.19. The maximum Gasteiger partial charge on any atom is 0.408 e. The number of aliphatic imine (C=N–C) groups is 1. The van der Waals surface area contributed by atoms with E-state index in [9.17, 15) is 9.59 Å². The van der Waals surface area contributed by atoms with Crippen LogP contribution in [0.4, 0.5) is 4.79 Å². The van der Waals surface area contributed by atoms with Crippen LogP contribution in [0.5, 0.6) is 0 Å². The quantitative estimate of drug-likeness (QED) is 0.315. The molecule has 0 aromatic rings. The molecule has 0 saturated carbocycles. The minimum atomic E-state index is -0.563. The Bertz CT molecular complexity index is 561. The van der Waals surface area contributed by atoms with E-state index in [0.717, 1.165) is 5.57 Å². The van der Waals surface area contributed by atoms with Gasteiger partial charge >= 0.3 is 6.09 Å². The highest BCUT2D eigenvalue weighted by atomic mass is 16.6. The molecule has 0 rings (SSSR count). The van der Waals surface area contributed by atoms with Crippen molar-refractivity contribution >= 4 is 18.0 Å². The number of alkyl carbamates (subject to hydrolysis) is 1. The molecule has 0 unspecified atom stereocenters. The zero-order valence-corrected chi connectivity index (χ0v) is 18.9. The Kier molecular flexibility index (Phi) is 10.6. The first kappa shape index (κ1) is 25.8. The van der Waals surface area contributed by atoms with Crippen molar-refractivity contribution in [2.75, 3.05) is 33.7 Å². The summed E-state index contributed by atoms with van der Waals surface area (Å²) in [6.45, 7) is 16.3. The maximum absolute atomic E-state index is 12.3. The second-order valence-electron chi connectivity index (χ2n) is 8.23. The molecule has 0 fully saturated rings. The zero-order valence-electron chi connectivity index (χ0n) is 18.9. The van der Waals surface area contributed by atoms with Gasteiger partial charge in [-0.3, -0.25) is 4.79 Å². The lowest BCUT2D eigenvalue weighted by Gasteiger charge is -2.34. The van der Waals surface area contributed by atoms with Crippen LogP contribution >= 0.6 is 0 Å². The van der Waals surface area contributed by atoms with Crippen LogP contribution < -0.4 is 16.0 Å². The van der Waals surface area contributed by atoms with Crippen molar-refractivity contribution in [2.45, 2.75) is 65.5 Å². The van der Waals surface area contributed by atoms with Crippen LogP contribution in [0.2, 0.25) is 0 Å². The van der Waals surface area contributed by atoms with E-state index in [1.165, 1.54) is 4.90 Å². The zero-order chi connectivity index (χ0) is 22.0. The molecule has 162 valence electrons. The van der Waals surface area contributed by atoms with Crippen molar-refractivity contribution in [3.05, 3.63) is 12.2 Å². The average molecular weight is 398 g/mol. The molecule has 8 nitrogen and oxygen atoms in total. The number of carbonyl (C=O) groups excluding carboxylic acids is 2. The number of hydrogen-bond acceptors (Lipinski definition) is 4. The highest BCUT2D eigenvalue weighted by Gasteiger charge is 2.30. The number of ether oxygens (including phenoxy) is 1. The van der Waals surface area contributed by atoms with Crippen LogP contribution in [-0.2, 0) is 9.53 Å². The van der Waals surface area contributed by atoms with E-state index >= 15 is 0 Å². The molecular weight excluding hydrogens is 358 g/mol. The van der Waals surface area contributed by atoms with E-state index < -0.39 is 17.2 Å². The predicted molar refractivity (Wildman–Crippen MR) is 114 cm³/mol. The van der Waals surface area contributed by atoms with Gasteiger partial charge < -0.3 is 25.6 Å². The lowest BCUT2D eigenvalue weighted by atomic mass is 9.93. The Labute approximate surface area is 170 Å². The second kappa shape index (κ2) is 11.6. The second-order valence-corrected chi connectivity index (χ2v) is 8.23. The molecule has 28 heavy (non-hydrogen) atoms. The van der Waals surface area contributed by atoms with E-state index in [4.69, 9.17) is 4.74 Å². The first-order chi connectivity index (χ1) is 12.8. The molecule has 2 amide bonds. The molecule has 0 saturated heterocycles. The number of nitrogens with one attached hydrogen (secondary N) is 3. The summed E-state index contributed by atoms with van der Waals surface area (Å²) >= 11 is 0. The van der Waals surface area contributed by atoms with Crippen LogP contribution in [0.3, 0.4) is 0 Å². The number of amides is 2. The van der Waals surface area contributed by atoms with Crippen LogP contribution in [0.1, 0.15) is 54.4 Å². The lowest BCUT2D eigenvalue weighted by Crippen LogP contribution is -2.57. The van der Waals surface area contributed by atoms with Gasteiger partial charge in [0.15, 0.2) is 5.96 Å². The van der Waals surface area contributed by atoms with Crippen molar-refractivity contribution in [1.29, 1.82) is 0 Å².